The molecule has 0 saturated heterocycles. The lowest BCUT2D eigenvalue weighted by molar-refractivity contribution is -0.139. The first-order valence-corrected chi connectivity index (χ1v) is 12.4. The van der Waals surface area contributed by atoms with Gasteiger partial charge in [-0.05, 0) is 54.0 Å². The standard InChI is InChI=1S/C28H22N2O5S/c1-3-33-27(32)24-16(2)29-28-30(25(24)19-11-12-21-22(13-19)35-15-34-21)26(31)23(36-28)14-18-9-6-8-17-7-4-5-10-20(17)18/h4-14,25H,3,15H2,1-2H3/b23-14-. The van der Waals surface area contributed by atoms with Crippen molar-refractivity contribution >= 4 is 34.2 Å². The van der Waals surface area contributed by atoms with E-state index in [2.05, 4.69) is 4.99 Å². The Morgan fingerprint density at radius 1 is 1.14 bits per heavy atom. The van der Waals surface area contributed by atoms with Gasteiger partial charge in [0.2, 0.25) is 6.79 Å². The highest BCUT2D eigenvalue weighted by Crippen LogP contribution is 2.38. The molecule has 2 aliphatic heterocycles. The molecule has 0 spiro atoms. The third-order valence-corrected chi connectivity index (χ3v) is 7.32. The third-order valence-electron chi connectivity index (χ3n) is 6.34. The Labute approximate surface area is 210 Å². The fraction of sp³-hybridized carbons (Fsp3) is 0.179. The Kier molecular flexibility index (Phi) is 5.45. The molecule has 1 atom stereocenters. The van der Waals surface area contributed by atoms with Crippen LogP contribution in [0.2, 0.25) is 0 Å². The first-order valence-electron chi connectivity index (χ1n) is 11.6. The summed E-state index contributed by atoms with van der Waals surface area (Å²) >= 11 is 1.31. The van der Waals surface area contributed by atoms with Crippen LogP contribution in [0.3, 0.4) is 0 Å². The van der Waals surface area contributed by atoms with Crippen LogP contribution in [-0.2, 0) is 9.53 Å². The maximum atomic E-state index is 13.9. The van der Waals surface area contributed by atoms with Crippen LogP contribution in [0.4, 0.5) is 0 Å². The van der Waals surface area contributed by atoms with E-state index in [4.69, 9.17) is 14.2 Å². The van der Waals surface area contributed by atoms with E-state index in [1.165, 1.54) is 11.3 Å². The van der Waals surface area contributed by atoms with E-state index in [0.29, 0.717) is 32.1 Å². The van der Waals surface area contributed by atoms with Crippen LogP contribution in [0.15, 0.2) is 81.7 Å². The molecule has 3 aromatic carbocycles. The van der Waals surface area contributed by atoms with Gasteiger partial charge in [-0.1, -0.05) is 59.9 Å². The number of carbonyl (C=O) groups excluding carboxylic acids is 1. The summed E-state index contributed by atoms with van der Waals surface area (Å²) in [4.78, 5) is 32.1. The molecular weight excluding hydrogens is 476 g/mol. The number of rotatable bonds is 4. The van der Waals surface area contributed by atoms with E-state index >= 15 is 0 Å². The minimum absolute atomic E-state index is 0.131. The van der Waals surface area contributed by atoms with Crippen molar-refractivity contribution in [1.82, 2.24) is 4.57 Å². The molecule has 1 aromatic heterocycles. The van der Waals surface area contributed by atoms with Gasteiger partial charge in [-0.3, -0.25) is 9.36 Å². The first kappa shape index (κ1) is 22.3. The average molecular weight is 499 g/mol. The maximum absolute atomic E-state index is 13.9. The minimum atomic E-state index is -0.704. The lowest BCUT2D eigenvalue weighted by Crippen LogP contribution is -2.39. The minimum Gasteiger partial charge on any atom is -0.463 e. The molecule has 0 fully saturated rings. The number of hydrogen-bond acceptors (Lipinski definition) is 7. The van der Waals surface area contributed by atoms with Crippen molar-refractivity contribution in [1.29, 1.82) is 0 Å². The van der Waals surface area contributed by atoms with E-state index in [0.717, 1.165) is 21.9 Å². The van der Waals surface area contributed by atoms with E-state index in [9.17, 15) is 9.59 Å². The van der Waals surface area contributed by atoms with E-state index in [1.807, 2.05) is 60.7 Å². The normalized spacial score (nSPS) is 16.7. The van der Waals surface area contributed by atoms with Crippen molar-refractivity contribution in [2.45, 2.75) is 19.9 Å². The molecule has 36 heavy (non-hydrogen) atoms. The molecule has 0 radical (unpaired) electrons. The molecule has 1 unspecified atom stereocenters. The van der Waals surface area contributed by atoms with Gasteiger partial charge in [-0.25, -0.2) is 9.79 Å². The molecule has 7 nitrogen and oxygen atoms in total. The quantitative estimate of drug-likeness (QED) is 0.401. The molecule has 3 heterocycles. The van der Waals surface area contributed by atoms with E-state index in [1.54, 1.807) is 24.5 Å². The topological polar surface area (TPSA) is 79.1 Å². The second-order valence-electron chi connectivity index (χ2n) is 8.48. The Morgan fingerprint density at radius 3 is 2.81 bits per heavy atom. The van der Waals surface area contributed by atoms with Crippen LogP contribution < -0.4 is 24.4 Å². The molecule has 0 N–H and O–H groups in total. The zero-order valence-corrected chi connectivity index (χ0v) is 20.5. The number of fused-ring (bicyclic) bond motifs is 3. The maximum Gasteiger partial charge on any atom is 0.338 e. The van der Waals surface area contributed by atoms with Crippen LogP contribution in [0.5, 0.6) is 11.5 Å². The Hall–Kier alpha value is -4.17. The predicted octanol–water partition coefficient (Wildman–Crippen LogP) is 3.68. The molecule has 0 bridgehead atoms. The molecule has 4 aromatic rings. The summed E-state index contributed by atoms with van der Waals surface area (Å²) < 4.78 is 18.5. The highest BCUT2D eigenvalue weighted by Gasteiger charge is 2.34. The summed E-state index contributed by atoms with van der Waals surface area (Å²) in [5, 5.41) is 2.15. The first-order chi connectivity index (χ1) is 17.5. The van der Waals surface area contributed by atoms with Gasteiger partial charge in [0, 0.05) is 0 Å². The number of ether oxygens (including phenoxy) is 3. The number of carbonyl (C=O) groups is 1. The molecule has 180 valence electrons. The molecular formula is C28H22N2O5S. The average Bonchev–Trinajstić information content (AvgIpc) is 3.47. The number of thiazole rings is 1. The van der Waals surface area contributed by atoms with Gasteiger partial charge in [0.1, 0.15) is 0 Å². The van der Waals surface area contributed by atoms with Gasteiger partial charge >= 0.3 is 5.97 Å². The summed E-state index contributed by atoms with van der Waals surface area (Å²) in [5.74, 6) is 0.702. The van der Waals surface area contributed by atoms with Crippen LogP contribution in [0, 0.1) is 0 Å². The van der Waals surface area contributed by atoms with Gasteiger partial charge in [-0.2, -0.15) is 0 Å². The second kappa shape index (κ2) is 8.80. The number of benzene rings is 3. The third kappa shape index (κ3) is 3.61. The van der Waals surface area contributed by atoms with Crippen molar-refractivity contribution in [2.24, 2.45) is 4.99 Å². The van der Waals surface area contributed by atoms with Gasteiger partial charge in [-0.15, -0.1) is 0 Å². The summed E-state index contributed by atoms with van der Waals surface area (Å²) in [6.45, 7) is 3.87. The smallest absolute Gasteiger partial charge is 0.338 e. The lowest BCUT2D eigenvalue weighted by Gasteiger charge is -2.24. The van der Waals surface area contributed by atoms with Crippen molar-refractivity contribution in [3.05, 3.63) is 103 Å². The zero-order valence-electron chi connectivity index (χ0n) is 19.7. The Bertz CT molecular complexity index is 1740. The number of esters is 1. The van der Waals surface area contributed by atoms with Gasteiger partial charge in [0.05, 0.1) is 28.5 Å². The van der Waals surface area contributed by atoms with Crippen LogP contribution >= 0.6 is 11.3 Å². The van der Waals surface area contributed by atoms with Crippen molar-refractivity contribution in [3.8, 4) is 11.5 Å². The summed E-state index contributed by atoms with van der Waals surface area (Å²) in [5.41, 5.74) is 2.30. The van der Waals surface area contributed by atoms with E-state index < -0.39 is 12.0 Å². The number of hydrogen-bond donors (Lipinski definition) is 0. The van der Waals surface area contributed by atoms with Crippen molar-refractivity contribution < 1.29 is 19.0 Å². The largest absolute Gasteiger partial charge is 0.463 e. The second-order valence-corrected chi connectivity index (χ2v) is 9.49. The molecule has 0 amide bonds. The van der Waals surface area contributed by atoms with Crippen molar-refractivity contribution in [3.63, 3.8) is 0 Å². The number of allylic oxidation sites excluding steroid dienone is 1. The molecule has 0 saturated carbocycles. The number of aromatic nitrogens is 1. The lowest BCUT2D eigenvalue weighted by atomic mass is 9.95. The van der Waals surface area contributed by atoms with Gasteiger partial charge in [0.25, 0.3) is 5.56 Å². The van der Waals surface area contributed by atoms with Gasteiger partial charge in [0.15, 0.2) is 16.3 Å². The monoisotopic (exact) mass is 498 g/mol. The summed E-state index contributed by atoms with van der Waals surface area (Å²) in [6, 6.07) is 18.8. The SMILES string of the molecule is CCOC(=O)C1=C(C)N=c2s/c(=C\c3cccc4ccccc34)c(=O)n2C1c1ccc2c(c1)OCO2. The Morgan fingerprint density at radius 2 is 1.94 bits per heavy atom. The highest BCUT2D eigenvalue weighted by atomic mass is 32.1. The highest BCUT2D eigenvalue weighted by molar-refractivity contribution is 7.07. The number of nitrogens with zero attached hydrogens (tertiary/aromatic N) is 2. The fourth-order valence-electron chi connectivity index (χ4n) is 4.71. The van der Waals surface area contributed by atoms with Crippen molar-refractivity contribution in [2.75, 3.05) is 13.4 Å². The Balaban J connectivity index is 1.58. The van der Waals surface area contributed by atoms with E-state index in [-0.39, 0.29) is 19.0 Å². The zero-order chi connectivity index (χ0) is 24.8. The molecule has 0 aliphatic carbocycles. The van der Waals surface area contributed by atoms with Crippen LogP contribution in [0.25, 0.3) is 16.8 Å². The van der Waals surface area contributed by atoms with Gasteiger partial charge < -0.3 is 14.2 Å². The summed E-state index contributed by atoms with van der Waals surface area (Å²) in [7, 11) is 0. The van der Waals surface area contributed by atoms with Crippen LogP contribution in [0.1, 0.15) is 31.0 Å². The fourth-order valence-corrected chi connectivity index (χ4v) is 5.75. The predicted molar refractivity (Wildman–Crippen MR) is 137 cm³/mol. The summed E-state index contributed by atoms with van der Waals surface area (Å²) in [6.07, 6.45) is 1.90. The van der Waals surface area contributed by atoms with Crippen LogP contribution in [-0.4, -0.2) is 23.9 Å². The molecule has 8 heteroatoms. The molecule has 6 rings (SSSR count). The molecule has 2 aliphatic rings.